The van der Waals surface area contributed by atoms with Crippen molar-refractivity contribution < 1.29 is 0 Å². The summed E-state index contributed by atoms with van der Waals surface area (Å²) >= 11 is 0. The normalized spacial score (nSPS) is 21.4. The second-order valence-electron chi connectivity index (χ2n) is 9.17. The zero-order valence-electron chi connectivity index (χ0n) is 18.7. The van der Waals surface area contributed by atoms with Crippen molar-refractivity contribution in [1.82, 2.24) is 10.6 Å². The Bertz CT molecular complexity index is 1370. The average Bonchev–Trinajstić information content (AvgIpc) is 3.45. The number of fused-ring (bicyclic) bond motifs is 4. The maximum absolute atomic E-state index is 3.91. The number of nitrogens with zero attached hydrogens (tertiary/aromatic N) is 1. The van der Waals surface area contributed by atoms with Crippen molar-refractivity contribution in [3.63, 3.8) is 0 Å². The lowest BCUT2D eigenvalue weighted by Gasteiger charge is -2.31. The van der Waals surface area contributed by atoms with Crippen LogP contribution in [0.5, 0.6) is 0 Å². The van der Waals surface area contributed by atoms with Crippen LogP contribution in [0.2, 0.25) is 0 Å². The van der Waals surface area contributed by atoms with Crippen molar-refractivity contribution in [3.8, 4) is 0 Å². The van der Waals surface area contributed by atoms with Gasteiger partial charge < -0.3 is 15.5 Å². The molecule has 1 fully saturated rings. The Morgan fingerprint density at radius 3 is 1.74 bits per heavy atom. The monoisotopic (exact) mass is 439 g/mol. The van der Waals surface area contributed by atoms with E-state index in [-0.39, 0.29) is 12.0 Å². The largest absolute Gasteiger partial charge is 0.354 e. The van der Waals surface area contributed by atoms with E-state index in [0.29, 0.717) is 0 Å². The molecular weight excluding hydrogens is 414 g/mol. The van der Waals surface area contributed by atoms with Gasteiger partial charge in [-0.2, -0.15) is 0 Å². The topological polar surface area (TPSA) is 27.3 Å². The zero-order chi connectivity index (χ0) is 22.5. The van der Waals surface area contributed by atoms with Crippen LogP contribution in [-0.2, 0) is 5.66 Å². The van der Waals surface area contributed by atoms with Gasteiger partial charge in [0.05, 0.1) is 17.4 Å². The predicted molar refractivity (Wildman–Crippen MR) is 138 cm³/mol. The van der Waals surface area contributed by atoms with Crippen LogP contribution < -0.4 is 15.5 Å². The molecule has 4 aromatic carbocycles. The fourth-order valence-corrected chi connectivity index (χ4v) is 5.78. The van der Waals surface area contributed by atoms with E-state index in [9.17, 15) is 0 Å². The molecule has 0 aromatic heterocycles. The molecule has 4 aromatic rings. The molecular formula is C31H25N3. The van der Waals surface area contributed by atoms with E-state index in [1.807, 2.05) is 0 Å². The third-order valence-electron chi connectivity index (χ3n) is 7.29. The van der Waals surface area contributed by atoms with Gasteiger partial charge in [-0.15, -0.1) is 0 Å². The molecule has 3 heteroatoms. The third-order valence-corrected chi connectivity index (χ3v) is 7.29. The van der Waals surface area contributed by atoms with Gasteiger partial charge in [-0.3, -0.25) is 0 Å². The highest BCUT2D eigenvalue weighted by Crippen LogP contribution is 2.50. The Balaban J connectivity index is 1.38. The Kier molecular flexibility index (Phi) is 4.18. The molecule has 2 unspecified atom stereocenters. The first-order chi connectivity index (χ1) is 16.8. The van der Waals surface area contributed by atoms with Gasteiger partial charge in [0.1, 0.15) is 0 Å². The van der Waals surface area contributed by atoms with Crippen molar-refractivity contribution in [1.29, 1.82) is 0 Å². The molecule has 2 N–H and O–H groups in total. The lowest BCUT2D eigenvalue weighted by atomic mass is 9.89. The highest BCUT2D eigenvalue weighted by Gasteiger charge is 2.46. The quantitative estimate of drug-likeness (QED) is 0.400. The van der Waals surface area contributed by atoms with Crippen LogP contribution in [0.25, 0.3) is 0 Å². The van der Waals surface area contributed by atoms with E-state index >= 15 is 0 Å². The van der Waals surface area contributed by atoms with Crippen molar-refractivity contribution in [2.24, 2.45) is 0 Å². The molecule has 1 aliphatic carbocycles. The lowest BCUT2D eigenvalue weighted by molar-refractivity contribution is 0.442. The molecule has 7 rings (SSSR count). The smallest absolute Gasteiger partial charge is 0.161 e. The Labute approximate surface area is 200 Å². The van der Waals surface area contributed by atoms with Gasteiger partial charge in [0, 0.05) is 28.4 Å². The first-order valence-electron chi connectivity index (χ1n) is 11.9. The number of nitrogens with one attached hydrogen (secondary N) is 2. The number of hydrogen-bond acceptors (Lipinski definition) is 3. The number of rotatable bonds is 3. The van der Waals surface area contributed by atoms with Crippen LogP contribution in [-0.4, -0.2) is 6.04 Å². The van der Waals surface area contributed by atoms with Gasteiger partial charge in [0.15, 0.2) is 5.66 Å². The van der Waals surface area contributed by atoms with Gasteiger partial charge in [-0.1, -0.05) is 97.1 Å². The van der Waals surface area contributed by atoms with Crippen LogP contribution in [0, 0.1) is 0 Å². The Hall–Kier alpha value is -4.24. The van der Waals surface area contributed by atoms with Gasteiger partial charge in [0.25, 0.3) is 0 Å². The summed E-state index contributed by atoms with van der Waals surface area (Å²) in [5, 5.41) is 7.81. The van der Waals surface area contributed by atoms with Crippen LogP contribution in [0.1, 0.15) is 22.6 Å². The van der Waals surface area contributed by atoms with Gasteiger partial charge >= 0.3 is 0 Å². The zero-order valence-corrected chi connectivity index (χ0v) is 18.7. The highest BCUT2D eigenvalue weighted by molar-refractivity contribution is 5.76. The summed E-state index contributed by atoms with van der Waals surface area (Å²) in [6.07, 6.45) is 4.83. The number of para-hydroxylation sites is 2. The minimum atomic E-state index is -0.504. The predicted octanol–water partition coefficient (Wildman–Crippen LogP) is 6.17. The first-order valence-corrected chi connectivity index (χ1v) is 11.9. The maximum atomic E-state index is 3.91. The van der Waals surface area contributed by atoms with Crippen LogP contribution >= 0.6 is 0 Å². The van der Waals surface area contributed by atoms with E-state index < -0.39 is 5.66 Å². The minimum Gasteiger partial charge on any atom is -0.354 e. The van der Waals surface area contributed by atoms with Crippen LogP contribution in [0.15, 0.2) is 139 Å². The standard InChI is InChI=1S/C31H25N3/c1-4-12-22(13-5-1)31(23-14-6-2-7-15-23)32-27-20-26-25-18-10-11-19-29(25)34(24-16-8-3-9-17-24)30(26)21-28(27)33-31/h1-21,26,30,32-33H. The van der Waals surface area contributed by atoms with Crippen molar-refractivity contribution >= 4 is 11.4 Å². The Morgan fingerprint density at radius 2 is 1.09 bits per heavy atom. The molecule has 34 heavy (non-hydrogen) atoms. The minimum absolute atomic E-state index is 0.218. The van der Waals surface area contributed by atoms with Crippen molar-refractivity contribution in [2.75, 3.05) is 4.90 Å². The van der Waals surface area contributed by atoms with E-state index in [1.165, 1.54) is 33.8 Å². The summed E-state index contributed by atoms with van der Waals surface area (Å²) in [4.78, 5) is 2.48. The SMILES string of the molecule is C1=C2NC(c3ccccc3)(c3ccccc3)NC2=CC2C1c1ccccc1N2c1ccccc1. The summed E-state index contributed by atoms with van der Waals surface area (Å²) in [6.45, 7) is 0. The molecule has 0 spiro atoms. The fourth-order valence-electron chi connectivity index (χ4n) is 5.78. The summed E-state index contributed by atoms with van der Waals surface area (Å²) in [7, 11) is 0. The van der Waals surface area contributed by atoms with E-state index in [1.54, 1.807) is 0 Å². The number of benzene rings is 4. The molecule has 2 heterocycles. The molecule has 0 radical (unpaired) electrons. The summed E-state index contributed by atoms with van der Waals surface area (Å²) in [5.74, 6) is 0.284. The molecule has 164 valence electrons. The maximum Gasteiger partial charge on any atom is 0.161 e. The molecule has 2 atom stereocenters. The van der Waals surface area contributed by atoms with Gasteiger partial charge in [-0.05, 0) is 35.9 Å². The Morgan fingerprint density at radius 1 is 0.559 bits per heavy atom. The van der Waals surface area contributed by atoms with Crippen LogP contribution in [0.4, 0.5) is 11.4 Å². The highest BCUT2D eigenvalue weighted by atomic mass is 15.3. The molecule has 3 aliphatic rings. The van der Waals surface area contributed by atoms with Crippen molar-refractivity contribution in [2.45, 2.75) is 17.6 Å². The van der Waals surface area contributed by atoms with E-state index in [4.69, 9.17) is 0 Å². The molecule has 0 amide bonds. The fraction of sp³-hybridized carbons (Fsp3) is 0.0968. The van der Waals surface area contributed by atoms with Gasteiger partial charge in [-0.25, -0.2) is 0 Å². The summed E-state index contributed by atoms with van der Waals surface area (Å²) < 4.78 is 0. The van der Waals surface area contributed by atoms with E-state index in [2.05, 4.69) is 143 Å². The van der Waals surface area contributed by atoms with Crippen LogP contribution in [0.3, 0.4) is 0 Å². The van der Waals surface area contributed by atoms with E-state index in [0.717, 1.165) is 5.70 Å². The molecule has 0 saturated carbocycles. The summed E-state index contributed by atoms with van der Waals surface area (Å²) in [5.41, 5.74) is 8.09. The third kappa shape index (κ3) is 2.77. The first kappa shape index (κ1) is 19.2. The molecule has 0 bridgehead atoms. The summed E-state index contributed by atoms with van der Waals surface area (Å²) in [6, 6.07) is 41.1. The lowest BCUT2D eigenvalue weighted by Crippen LogP contribution is -2.46. The second kappa shape index (κ2) is 7.39. The molecule has 3 nitrogen and oxygen atoms in total. The average molecular weight is 440 g/mol. The number of hydrogen-bond donors (Lipinski definition) is 2. The van der Waals surface area contributed by atoms with Crippen molar-refractivity contribution in [3.05, 3.63) is 155 Å². The number of anilines is 2. The molecule has 2 aliphatic heterocycles. The van der Waals surface area contributed by atoms with Gasteiger partial charge in [0.2, 0.25) is 0 Å². The molecule has 1 saturated heterocycles. The second-order valence-corrected chi connectivity index (χ2v) is 9.17.